The summed E-state index contributed by atoms with van der Waals surface area (Å²) in [6.07, 6.45) is 17.1. The van der Waals surface area contributed by atoms with Gasteiger partial charge < -0.3 is 19.7 Å². The van der Waals surface area contributed by atoms with E-state index >= 15 is 0 Å². The number of allylic oxidation sites excluding steroid dienone is 2. The van der Waals surface area contributed by atoms with Gasteiger partial charge in [-0.05, 0) is 118 Å². The molecule has 0 spiro atoms. The van der Waals surface area contributed by atoms with Crippen LogP contribution < -0.4 is 0 Å². The molecule has 12 heteroatoms. The third-order valence-corrected chi connectivity index (χ3v) is 15.6. The van der Waals surface area contributed by atoms with Crippen molar-refractivity contribution in [2.45, 2.75) is 176 Å². The fraction of sp³-hybridized carbons (Fsp3) is 0.830. The molecule has 0 amide bonds. The van der Waals surface area contributed by atoms with E-state index in [0.29, 0.717) is 38.5 Å². The molecular weight excluding hydrogens is 757 g/mol. The van der Waals surface area contributed by atoms with Gasteiger partial charge in [0, 0.05) is 6.42 Å². The first-order valence-electron chi connectivity index (χ1n) is 23.0. The lowest BCUT2D eigenvalue weighted by molar-refractivity contribution is -0.388. The summed E-state index contributed by atoms with van der Waals surface area (Å²) in [5, 5.41) is 19.6. The Kier molecular flexibility index (Phi) is 16.4. The first-order chi connectivity index (χ1) is 28.0. The van der Waals surface area contributed by atoms with Crippen LogP contribution in [0, 0.1) is 70.0 Å². The van der Waals surface area contributed by atoms with Crippen molar-refractivity contribution in [3.63, 3.8) is 0 Å². The zero-order valence-corrected chi connectivity index (χ0v) is 36.5. The molecule has 2 heterocycles. The van der Waals surface area contributed by atoms with Gasteiger partial charge in [0.25, 0.3) is 0 Å². The lowest BCUT2D eigenvalue weighted by Gasteiger charge is -2.63. The zero-order valence-electron chi connectivity index (χ0n) is 36.5. The molecule has 332 valence electrons. The highest BCUT2D eigenvalue weighted by molar-refractivity contribution is 5.96. The van der Waals surface area contributed by atoms with Crippen molar-refractivity contribution in [1.82, 2.24) is 0 Å². The molecule has 0 radical (unpaired) electrons. The Bertz CT molecular complexity index is 1540. The van der Waals surface area contributed by atoms with Crippen LogP contribution in [0.4, 0.5) is 0 Å². The van der Waals surface area contributed by atoms with Gasteiger partial charge in [0.05, 0.1) is 41.8 Å². The van der Waals surface area contributed by atoms with E-state index in [4.69, 9.17) is 24.4 Å². The highest BCUT2D eigenvalue weighted by Gasteiger charge is 2.64. The number of carboxylic acid groups (broad SMARTS) is 2. The molecule has 5 aliphatic rings. The van der Waals surface area contributed by atoms with E-state index in [1.54, 1.807) is 6.92 Å². The minimum absolute atomic E-state index is 0.0429. The van der Waals surface area contributed by atoms with Crippen molar-refractivity contribution < 1.29 is 58.2 Å². The van der Waals surface area contributed by atoms with E-state index in [0.717, 1.165) is 70.6 Å². The third-order valence-electron chi connectivity index (χ3n) is 15.6. The number of hydrogen-bond acceptors (Lipinski definition) is 10. The van der Waals surface area contributed by atoms with Crippen molar-refractivity contribution in [3.05, 3.63) is 12.2 Å². The van der Waals surface area contributed by atoms with Crippen molar-refractivity contribution in [2.24, 2.45) is 70.0 Å². The number of cyclic esters (lactones) is 4. The molecule has 13 unspecified atom stereocenters. The smallest absolute Gasteiger partial charge is 0.317 e. The van der Waals surface area contributed by atoms with Gasteiger partial charge in [0.2, 0.25) is 0 Å². The average molecular weight is 829 g/mol. The fourth-order valence-corrected chi connectivity index (χ4v) is 12.5. The quantitative estimate of drug-likeness (QED) is 0.0264. The third kappa shape index (κ3) is 10.7. The van der Waals surface area contributed by atoms with Crippen LogP contribution >= 0.6 is 0 Å². The van der Waals surface area contributed by atoms with Gasteiger partial charge in [-0.1, -0.05) is 91.7 Å². The second-order valence-corrected chi connectivity index (χ2v) is 19.7. The van der Waals surface area contributed by atoms with Gasteiger partial charge >= 0.3 is 35.8 Å². The van der Waals surface area contributed by atoms with Crippen molar-refractivity contribution in [3.8, 4) is 0 Å². The standard InChI is InChI=1S/C47H72O12/c1-7-8-13-17-30(33-27-38(50)56-43(33)52)20-21-31(18-14-11-9-10-12-15-19-37(48)49)58-59-41-32-22-23-36-46(5,24-16-25-47(36,6)45(54)55)35(32)26-34(39(41)28(2)3)40-29(4)42(51)57-44(40)53/h13,17,28-36,39-41H,7-12,14-16,18-27H2,1-6H3,(H,48,49)(H,54,55)/b17-13+. The largest absolute Gasteiger partial charge is 0.481 e. The fourth-order valence-electron chi connectivity index (χ4n) is 12.5. The van der Waals surface area contributed by atoms with Gasteiger partial charge in [-0.3, -0.25) is 28.8 Å². The molecule has 5 rings (SSSR count). The molecule has 0 aromatic heterocycles. The Morgan fingerprint density at radius 2 is 1.59 bits per heavy atom. The SMILES string of the molecule is CCC/C=C/C(CCC(CCCCCCCCC(=O)O)OOC1C2CCC3C(C)(C(=O)O)CCCC3(C)C2CC(C2C(=O)OC(=O)C2C)C1C(C)C)C1CC(=O)OC1=O. The molecule has 0 aromatic carbocycles. The summed E-state index contributed by atoms with van der Waals surface area (Å²) in [5.41, 5.74) is -1.17. The van der Waals surface area contributed by atoms with Crippen LogP contribution in [0.3, 0.4) is 0 Å². The maximum Gasteiger partial charge on any atom is 0.317 e. The minimum atomic E-state index is -0.857. The predicted molar refractivity (Wildman–Crippen MR) is 218 cm³/mol. The lowest BCUT2D eigenvalue weighted by Crippen LogP contribution is -2.61. The number of ether oxygens (including phenoxy) is 2. The maximum atomic E-state index is 13.5. The second kappa shape index (κ2) is 20.6. The van der Waals surface area contributed by atoms with Crippen molar-refractivity contribution in [1.29, 1.82) is 0 Å². The number of hydrogen-bond donors (Lipinski definition) is 2. The highest BCUT2D eigenvalue weighted by Crippen LogP contribution is 2.66. The molecule has 3 saturated carbocycles. The number of carbonyl (C=O) groups excluding carboxylic acids is 4. The molecule has 0 aromatic rings. The van der Waals surface area contributed by atoms with Crippen molar-refractivity contribution in [2.75, 3.05) is 0 Å². The van der Waals surface area contributed by atoms with E-state index in [1.807, 2.05) is 13.0 Å². The molecule has 2 saturated heterocycles. The highest BCUT2D eigenvalue weighted by atomic mass is 17.2. The van der Waals surface area contributed by atoms with E-state index in [9.17, 15) is 33.9 Å². The Morgan fingerprint density at radius 1 is 0.881 bits per heavy atom. The molecule has 2 aliphatic heterocycles. The average Bonchev–Trinajstić information content (AvgIpc) is 3.64. The Hall–Kier alpha value is -3.12. The maximum absolute atomic E-state index is 13.5. The molecule has 2 N–H and O–H groups in total. The van der Waals surface area contributed by atoms with Crippen molar-refractivity contribution >= 4 is 35.8 Å². The van der Waals surface area contributed by atoms with Crippen LogP contribution in [0.5, 0.6) is 0 Å². The van der Waals surface area contributed by atoms with Gasteiger partial charge in [-0.25, -0.2) is 9.78 Å². The van der Waals surface area contributed by atoms with Crippen LogP contribution in [0.2, 0.25) is 0 Å². The molecule has 3 aliphatic carbocycles. The molecule has 59 heavy (non-hydrogen) atoms. The van der Waals surface area contributed by atoms with Crippen LogP contribution in [0.1, 0.15) is 164 Å². The van der Waals surface area contributed by atoms with Crippen LogP contribution in [-0.4, -0.2) is 58.2 Å². The summed E-state index contributed by atoms with van der Waals surface area (Å²) in [7, 11) is 0. The molecule has 13 atom stereocenters. The number of aliphatic carboxylic acids is 2. The summed E-state index contributed by atoms with van der Waals surface area (Å²) in [6, 6.07) is 0. The summed E-state index contributed by atoms with van der Waals surface area (Å²) < 4.78 is 10.2. The Morgan fingerprint density at radius 3 is 2.20 bits per heavy atom. The van der Waals surface area contributed by atoms with E-state index in [1.165, 1.54) is 0 Å². The van der Waals surface area contributed by atoms with Crippen LogP contribution in [0.15, 0.2) is 12.2 Å². The zero-order chi connectivity index (χ0) is 43.1. The predicted octanol–water partition coefficient (Wildman–Crippen LogP) is 9.27. The van der Waals surface area contributed by atoms with Gasteiger partial charge in [0.1, 0.15) is 0 Å². The van der Waals surface area contributed by atoms with Gasteiger partial charge in [-0.15, -0.1) is 0 Å². The number of fused-ring (bicyclic) bond motifs is 3. The topological polar surface area (TPSA) is 180 Å². The monoisotopic (exact) mass is 829 g/mol. The van der Waals surface area contributed by atoms with Crippen LogP contribution in [0.25, 0.3) is 0 Å². The second-order valence-electron chi connectivity index (χ2n) is 19.7. The first-order valence-corrected chi connectivity index (χ1v) is 23.0. The van der Waals surface area contributed by atoms with Gasteiger partial charge in [-0.2, -0.15) is 0 Å². The van der Waals surface area contributed by atoms with E-state index in [2.05, 4.69) is 33.8 Å². The summed E-state index contributed by atoms with van der Waals surface area (Å²) in [6.45, 7) is 12.3. The summed E-state index contributed by atoms with van der Waals surface area (Å²) >= 11 is 0. The molecule has 12 nitrogen and oxygen atoms in total. The number of unbranched alkanes of at least 4 members (excludes halogenated alkanes) is 6. The lowest BCUT2D eigenvalue weighted by atomic mass is 9.41. The van der Waals surface area contributed by atoms with E-state index < -0.39 is 65.1 Å². The molecule has 5 fully saturated rings. The first kappa shape index (κ1) is 46.9. The summed E-state index contributed by atoms with van der Waals surface area (Å²) in [5.74, 6) is -5.72. The normalized spacial score (nSPS) is 35.7. The van der Waals surface area contributed by atoms with E-state index in [-0.39, 0.29) is 65.8 Å². The number of carboxylic acids is 2. The molecule has 0 bridgehead atoms. The van der Waals surface area contributed by atoms with Crippen LogP contribution in [-0.2, 0) is 48.0 Å². The Labute approximate surface area is 351 Å². The number of esters is 4. The summed E-state index contributed by atoms with van der Waals surface area (Å²) in [4.78, 5) is 88.7. The Balaban J connectivity index is 1.42. The number of rotatable bonds is 22. The number of carbonyl (C=O) groups is 6. The minimum Gasteiger partial charge on any atom is -0.481 e. The van der Waals surface area contributed by atoms with Gasteiger partial charge in [0.15, 0.2) is 0 Å². The molecular formula is C47H72O12.